The van der Waals surface area contributed by atoms with Gasteiger partial charge in [0.25, 0.3) is 11.8 Å². The SMILES string of the molecule is COCc1c(C(=O)N2C[C@@H](F)C[C@H]2Cn2cc(C(=O)N(C)C)nn2)noc1C. The van der Waals surface area contributed by atoms with Crippen LogP contribution in [0.3, 0.4) is 0 Å². The number of hydrogen-bond donors (Lipinski definition) is 0. The second kappa shape index (κ2) is 8.05. The van der Waals surface area contributed by atoms with Crippen LogP contribution in [-0.2, 0) is 17.9 Å². The lowest BCUT2D eigenvalue weighted by Crippen LogP contribution is -2.39. The first-order chi connectivity index (χ1) is 13.3. The summed E-state index contributed by atoms with van der Waals surface area (Å²) in [4.78, 5) is 27.8. The minimum absolute atomic E-state index is 0.0417. The summed E-state index contributed by atoms with van der Waals surface area (Å²) in [6, 6.07) is -0.445. The molecule has 11 heteroatoms. The highest BCUT2D eigenvalue weighted by Crippen LogP contribution is 2.26. The molecule has 2 aromatic rings. The molecule has 10 nitrogen and oxygen atoms in total. The van der Waals surface area contributed by atoms with Gasteiger partial charge < -0.3 is 19.1 Å². The van der Waals surface area contributed by atoms with Crippen LogP contribution in [0, 0.1) is 6.92 Å². The van der Waals surface area contributed by atoms with Crippen molar-refractivity contribution in [1.29, 1.82) is 0 Å². The number of halogens is 1. The molecule has 1 aliphatic rings. The van der Waals surface area contributed by atoms with Crippen LogP contribution in [-0.4, -0.2) is 81.7 Å². The van der Waals surface area contributed by atoms with E-state index in [1.165, 1.54) is 27.8 Å². The van der Waals surface area contributed by atoms with E-state index in [0.717, 1.165) is 0 Å². The van der Waals surface area contributed by atoms with Crippen LogP contribution in [0.2, 0.25) is 0 Å². The molecule has 28 heavy (non-hydrogen) atoms. The van der Waals surface area contributed by atoms with Crippen LogP contribution < -0.4 is 0 Å². The maximum absolute atomic E-state index is 14.1. The zero-order chi connectivity index (χ0) is 20.4. The van der Waals surface area contributed by atoms with Crippen LogP contribution in [0.15, 0.2) is 10.7 Å². The van der Waals surface area contributed by atoms with Crippen LogP contribution in [0.4, 0.5) is 4.39 Å². The molecule has 1 fully saturated rings. The summed E-state index contributed by atoms with van der Waals surface area (Å²) in [5.74, 6) is -0.212. The van der Waals surface area contributed by atoms with Crippen molar-refractivity contribution in [2.45, 2.75) is 38.7 Å². The zero-order valence-electron chi connectivity index (χ0n) is 16.3. The lowest BCUT2D eigenvalue weighted by atomic mass is 10.1. The summed E-state index contributed by atoms with van der Waals surface area (Å²) < 4.78 is 25.8. The molecule has 0 saturated carbocycles. The second-order valence-corrected chi connectivity index (χ2v) is 6.97. The number of alkyl halides is 1. The number of ether oxygens (including phenoxy) is 1. The van der Waals surface area contributed by atoms with Crippen molar-refractivity contribution in [2.24, 2.45) is 0 Å². The fourth-order valence-electron chi connectivity index (χ4n) is 3.22. The molecule has 2 aromatic heterocycles. The first kappa shape index (κ1) is 19.9. The molecule has 3 rings (SSSR count). The molecule has 0 bridgehead atoms. The fraction of sp³-hybridized carbons (Fsp3) is 0.588. The predicted molar refractivity (Wildman–Crippen MR) is 94.3 cm³/mol. The van der Waals surface area contributed by atoms with Crippen molar-refractivity contribution in [2.75, 3.05) is 27.7 Å². The van der Waals surface area contributed by atoms with Gasteiger partial charge in [0, 0.05) is 27.6 Å². The summed E-state index contributed by atoms with van der Waals surface area (Å²) in [6.07, 6.45) is 0.505. The zero-order valence-corrected chi connectivity index (χ0v) is 16.3. The summed E-state index contributed by atoms with van der Waals surface area (Å²) in [5.41, 5.74) is 0.862. The topological polar surface area (TPSA) is 107 Å². The monoisotopic (exact) mass is 394 g/mol. The Balaban J connectivity index is 1.78. The van der Waals surface area contributed by atoms with E-state index >= 15 is 0 Å². The highest BCUT2D eigenvalue weighted by molar-refractivity contribution is 5.94. The maximum Gasteiger partial charge on any atom is 0.276 e. The van der Waals surface area contributed by atoms with E-state index in [0.29, 0.717) is 11.3 Å². The maximum atomic E-state index is 14.1. The number of aromatic nitrogens is 4. The van der Waals surface area contributed by atoms with Crippen molar-refractivity contribution in [3.63, 3.8) is 0 Å². The Morgan fingerprint density at radius 2 is 2.18 bits per heavy atom. The fourth-order valence-corrected chi connectivity index (χ4v) is 3.22. The van der Waals surface area contributed by atoms with Crippen molar-refractivity contribution in [3.05, 3.63) is 28.9 Å². The van der Waals surface area contributed by atoms with Gasteiger partial charge in [-0.05, 0) is 6.92 Å². The Kier molecular flexibility index (Phi) is 5.73. The van der Waals surface area contributed by atoms with Gasteiger partial charge >= 0.3 is 0 Å². The van der Waals surface area contributed by atoms with Crippen LogP contribution >= 0.6 is 0 Å². The van der Waals surface area contributed by atoms with Crippen molar-refractivity contribution in [1.82, 2.24) is 30.0 Å². The summed E-state index contributed by atoms with van der Waals surface area (Å²) in [7, 11) is 4.74. The number of carbonyl (C=O) groups excluding carboxylic acids is 2. The van der Waals surface area contributed by atoms with E-state index in [-0.39, 0.29) is 43.4 Å². The molecule has 3 heterocycles. The third-order valence-corrected chi connectivity index (χ3v) is 4.66. The molecule has 0 spiro atoms. The van der Waals surface area contributed by atoms with Gasteiger partial charge in [0.15, 0.2) is 11.4 Å². The predicted octanol–water partition coefficient (Wildman–Crippen LogP) is 0.676. The van der Waals surface area contributed by atoms with E-state index in [1.807, 2.05) is 0 Å². The Morgan fingerprint density at radius 3 is 2.86 bits per heavy atom. The van der Waals surface area contributed by atoms with Crippen LogP contribution in [0.5, 0.6) is 0 Å². The molecule has 0 unspecified atom stereocenters. The normalized spacial score (nSPS) is 19.2. The van der Waals surface area contributed by atoms with Gasteiger partial charge in [-0.15, -0.1) is 5.10 Å². The smallest absolute Gasteiger partial charge is 0.276 e. The molecule has 0 aromatic carbocycles. The number of carbonyl (C=O) groups is 2. The number of aryl methyl sites for hydroxylation is 1. The Hall–Kier alpha value is -2.82. The highest BCUT2D eigenvalue weighted by Gasteiger charge is 2.38. The number of rotatable bonds is 6. The van der Waals surface area contributed by atoms with Gasteiger partial charge in [0.2, 0.25) is 0 Å². The summed E-state index contributed by atoms with van der Waals surface area (Å²) in [6.45, 7) is 2.04. The van der Waals surface area contributed by atoms with Crippen molar-refractivity contribution < 1.29 is 23.2 Å². The molecule has 1 saturated heterocycles. The van der Waals surface area contributed by atoms with E-state index in [2.05, 4.69) is 15.5 Å². The Labute approximate surface area is 161 Å². The molecular weight excluding hydrogens is 371 g/mol. The molecule has 0 radical (unpaired) electrons. The van der Waals surface area contributed by atoms with Gasteiger partial charge in [0.1, 0.15) is 11.9 Å². The second-order valence-electron chi connectivity index (χ2n) is 6.97. The number of methoxy groups -OCH3 is 1. The Morgan fingerprint density at radius 1 is 1.43 bits per heavy atom. The van der Waals surface area contributed by atoms with Gasteiger partial charge in [-0.25, -0.2) is 9.07 Å². The minimum Gasteiger partial charge on any atom is -0.380 e. The molecule has 152 valence electrons. The van der Waals surface area contributed by atoms with E-state index in [9.17, 15) is 14.0 Å². The van der Waals surface area contributed by atoms with Gasteiger partial charge in [-0.3, -0.25) is 9.59 Å². The van der Waals surface area contributed by atoms with Crippen LogP contribution in [0.25, 0.3) is 0 Å². The largest absolute Gasteiger partial charge is 0.380 e. The van der Waals surface area contributed by atoms with Crippen molar-refractivity contribution in [3.8, 4) is 0 Å². The average Bonchev–Trinajstić information content (AvgIpc) is 3.35. The van der Waals surface area contributed by atoms with Gasteiger partial charge in [-0.2, -0.15) is 0 Å². The van der Waals surface area contributed by atoms with E-state index < -0.39 is 18.1 Å². The quantitative estimate of drug-likeness (QED) is 0.709. The average molecular weight is 394 g/mol. The third-order valence-electron chi connectivity index (χ3n) is 4.66. The molecule has 1 aliphatic heterocycles. The van der Waals surface area contributed by atoms with E-state index in [4.69, 9.17) is 9.26 Å². The lowest BCUT2D eigenvalue weighted by Gasteiger charge is -2.23. The molecule has 0 aliphatic carbocycles. The molecule has 2 atom stereocenters. The summed E-state index contributed by atoms with van der Waals surface area (Å²) in [5, 5.41) is 11.6. The highest BCUT2D eigenvalue weighted by atomic mass is 19.1. The standard InChI is InChI=1S/C17H23FN6O4/c1-10-13(9-27-4)15(20-28-10)17(26)24-6-11(18)5-12(24)7-23-8-14(19-21-23)16(25)22(2)3/h8,11-12H,5-7,9H2,1-4H3/t11-,12-/m0/s1. The molecule has 0 N–H and O–H groups in total. The van der Waals surface area contributed by atoms with Crippen molar-refractivity contribution >= 4 is 11.8 Å². The number of hydrogen-bond acceptors (Lipinski definition) is 7. The van der Waals surface area contributed by atoms with E-state index in [1.54, 1.807) is 21.0 Å². The van der Waals surface area contributed by atoms with Gasteiger partial charge in [-0.1, -0.05) is 10.4 Å². The lowest BCUT2D eigenvalue weighted by molar-refractivity contribution is 0.0699. The molecular formula is C17H23FN6O4. The first-order valence-electron chi connectivity index (χ1n) is 8.82. The number of likely N-dealkylation sites (tertiary alicyclic amines) is 1. The first-order valence-corrected chi connectivity index (χ1v) is 8.82. The minimum atomic E-state index is -1.15. The molecule has 2 amide bonds. The number of amides is 2. The third kappa shape index (κ3) is 3.88. The van der Waals surface area contributed by atoms with Gasteiger partial charge in [0.05, 0.1) is 37.5 Å². The number of nitrogens with zero attached hydrogens (tertiary/aromatic N) is 6. The summed E-state index contributed by atoms with van der Waals surface area (Å²) >= 11 is 0. The Bertz CT molecular complexity index is 864. The van der Waals surface area contributed by atoms with Crippen LogP contribution in [0.1, 0.15) is 38.7 Å².